The summed E-state index contributed by atoms with van der Waals surface area (Å²) in [6.07, 6.45) is 6.10. The van der Waals surface area contributed by atoms with Gasteiger partial charge in [-0.05, 0) is 37.4 Å². The summed E-state index contributed by atoms with van der Waals surface area (Å²) in [4.78, 5) is 23.5. The van der Waals surface area contributed by atoms with Crippen molar-refractivity contribution < 1.29 is 14.0 Å². The van der Waals surface area contributed by atoms with Crippen molar-refractivity contribution in [3.05, 3.63) is 24.2 Å². The average molecular weight is 330 g/mol. The van der Waals surface area contributed by atoms with Gasteiger partial charge in [-0.3, -0.25) is 9.59 Å². The van der Waals surface area contributed by atoms with E-state index in [1.54, 1.807) is 12.1 Å². The molecule has 0 bridgehead atoms. The zero-order valence-electron chi connectivity index (χ0n) is 12.5. The van der Waals surface area contributed by atoms with E-state index >= 15 is 0 Å². The van der Waals surface area contributed by atoms with Gasteiger partial charge in [0.25, 0.3) is 5.91 Å². The SMILES string of the molecule is Cl.NCC1CCCCC1NC(=O)CCNC(=O)c1ccco1. The Morgan fingerprint density at radius 3 is 2.77 bits per heavy atom. The molecule has 4 N–H and O–H groups in total. The van der Waals surface area contributed by atoms with Crippen LogP contribution >= 0.6 is 12.4 Å². The zero-order chi connectivity index (χ0) is 15.1. The fraction of sp³-hybridized carbons (Fsp3) is 0.600. The minimum atomic E-state index is -0.301. The normalized spacial score (nSPS) is 20.8. The summed E-state index contributed by atoms with van der Waals surface area (Å²) < 4.78 is 4.98. The van der Waals surface area contributed by atoms with Crippen LogP contribution in [0.4, 0.5) is 0 Å². The quantitative estimate of drug-likeness (QED) is 0.736. The highest BCUT2D eigenvalue weighted by molar-refractivity contribution is 5.91. The first-order chi connectivity index (χ1) is 10.2. The molecule has 2 rings (SSSR count). The summed E-state index contributed by atoms with van der Waals surface area (Å²) in [5.41, 5.74) is 5.74. The van der Waals surface area contributed by atoms with Gasteiger partial charge in [-0.15, -0.1) is 12.4 Å². The molecule has 0 aliphatic heterocycles. The number of halogens is 1. The third-order valence-corrected chi connectivity index (χ3v) is 3.94. The van der Waals surface area contributed by atoms with Crippen LogP contribution in [-0.2, 0) is 4.79 Å². The molecule has 2 unspecified atom stereocenters. The van der Waals surface area contributed by atoms with Gasteiger partial charge in [0.15, 0.2) is 5.76 Å². The number of hydrogen-bond donors (Lipinski definition) is 3. The van der Waals surface area contributed by atoms with Crippen LogP contribution in [-0.4, -0.2) is 30.9 Å². The van der Waals surface area contributed by atoms with Crippen LogP contribution in [0.1, 0.15) is 42.7 Å². The highest BCUT2D eigenvalue weighted by Crippen LogP contribution is 2.23. The number of carbonyl (C=O) groups excluding carboxylic acids is 2. The Morgan fingerprint density at radius 2 is 2.09 bits per heavy atom. The molecule has 0 radical (unpaired) electrons. The van der Waals surface area contributed by atoms with E-state index in [1.165, 1.54) is 12.7 Å². The molecule has 22 heavy (non-hydrogen) atoms. The topological polar surface area (TPSA) is 97.4 Å². The lowest BCUT2D eigenvalue weighted by Gasteiger charge is -2.31. The maximum Gasteiger partial charge on any atom is 0.286 e. The largest absolute Gasteiger partial charge is 0.459 e. The summed E-state index contributed by atoms with van der Waals surface area (Å²) >= 11 is 0. The standard InChI is InChI=1S/C15H23N3O3.ClH/c16-10-11-4-1-2-5-12(11)18-14(19)7-8-17-15(20)13-6-3-9-21-13;/h3,6,9,11-12H,1-2,4-5,7-8,10,16H2,(H,17,20)(H,18,19);1H. The number of carbonyl (C=O) groups is 2. The van der Waals surface area contributed by atoms with Gasteiger partial charge in [-0.1, -0.05) is 12.8 Å². The smallest absolute Gasteiger partial charge is 0.286 e. The molecule has 2 amide bonds. The van der Waals surface area contributed by atoms with Crippen LogP contribution in [0.5, 0.6) is 0 Å². The fourth-order valence-electron chi connectivity index (χ4n) is 2.74. The van der Waals surface area contributed by atoms with Crippen LogP contribution in [0.25, 0.3) is 0 Å². The Labute approximate surface area is 136 Å². The van der Waals surface area contributed by atoms with Crippen molar-refractivity contribution in [1.82, 2.24) is 10.6 Å². The van der Waals surface area contributed by atoms with Crippen molar-refractivity contribution >= 4 is 24.2 Å². The second-order valence-electron chi connectivity index (χ2n) is 5.44. The summed E-state index contributed by atoms with van der Waals surface area (Å²) in [6.45, 7) is 0.908. The Hall–Kier alpha value is -1.53. The molecular formula is C15H24ClN3O3. The van der Waals surface area contributed by atoms with Gasteiger partial charge in [0, 0.05) is 19.0 Å². The summed E-state index contributed by atoms with van der Waals surface area (Å²) in [5.74, 6) is 0.289. The van der Waals surface area contributed by atoms with Gasteiger partial charge in [-0.25, -0.2) is 0 Å². The fourth-order valence-corrected chi connectivity index (χ4v) is 2.74. The van der Waals surface area contributed by atoms with Crippen LogP contribution in [0.3, 0.4) is 0 Å². The summed E-state index contributed by atoms with van der Waals surface area (Å²) in [7, 11) is 0. The van der Waals surface area contributed by atoms with Crippen molar-refractivity contribution in [3.8, 4) is 0 Å². The summed E-state index contributed by atoms with van der Waals surface area (Å²) in [6, 6.07) is 3.41. The first kappa shape index (κ1) is 18.5. The maximum absolute atomic E-state index is 11.9. The molecule has 1 heterocycles. The Balaban J connectivity index is 0.00000242. The van der Waals surface area contributed by atoms with Gasteiger partial charge in [-0.2, -0.15) is 0 Å². The van der Waals surface area contributed by atoms with Crippen LogP contribution < -0.4 is 16.4 Å². The molecule has 0 aromatic carbocycles. The lowest BCUT2D eigenvalue weighted by atomic mass is 9.84. The van der Waals surface area contributed by atoms with Crippen molar-refractivity contribution in [2.24, 2.45) is 11.7 Å². The monoisotopic (exact) mass is 329 g/mol. The molecule has 1 aliphatic rings. The molecule has 1 aliphatic carbocycles. The molecular weight excluding hydrogens is 306 g/mol. The average Bonchev–Trinajstić information content (AvgIpc) is 3.02. The first-order valence-corrected chi connectivity index (χ1v) is 7.52. The van der Waals surface area contributed by atoms with E-state index in [9.17, 15) is 9.59 Å². The lowest BCUT2D eigenvalue weighted by molar-refractivity contribution is -0.122. The third kappa shape index (κ3) is 5.35. The minimum Gasteiger partial charge on any atom is -0.459 e. The molecule has 0 spiro atoms. The van der Waals surface area contributed by atoms with E-state index in [0.717, 1.165) is 19.3 Å². The van der Waals surface area contributed by atoms with Crippen molar-refractivity contribution in [3.63, 3.8) is 0 Å². The number of nitrogens with one attached hydrogen (secondary N) is 2. The summed E-state index contributed by atoms with van der Waals surface area (Å²) in [5, 5.41) is 5.69. The molecule has 1 aromatic rings. The molecule has 2 atom stereocenters. The minimum absolute atomic E-state index is 0. The Kier molecular flexibility index (Phi) is 7.98. The van der Waals surface area contributed by atoms with Crippen LogP contribution in [0, 0.1) is 5.92 Å². The number of nitrogens with two attached hydrogens (primary N) is 1. The highest BCUT2D eigenvalue weighted by Gasteiger charge is 2.25. The van der Waals surface area contributed by atoms with Gasteiger partial charge in [0.2, 0.25) is 5.91 Å². The molecule has 0 saturated heterocycles. The van der Waals surface area contributed by atoms with E-state index in [1.807, 2.05) is 0 Å². The number of rotatable bonds is 6. The van der Waals surface area contributed by atoms with Gasteiger partial charge < -0.3 is 20.8 Å². The second kappa shape index (κ2) is 9.48. The van der Waals surface area contributed by atoms with E-state index in [4.69, 9.17) is 10.2 Å². The van der Waals surface area contributed by atoms with Crippen molar-refractivity contribution in [1.29, 1.82) is 0 Å². The Bertz CT molecular complexity index is 465. The Morgan fingerprint density at radius 1 is 1.32 bits per heavy atom. The van der Waals surface area contributed by atoms with Gasteiger partial charge in [0.1, 0.15) is 0 Å². The zero-order valence-corrected chi connectivity index (χ0v) is 13.4. The van der Waals surface area contributed by atoms with E-state index in [-0.39, 0.29) is 42.4 Å². The molecule has 1 fully saturated rings. The molecule has 1 aromatic heterocycles. The molecule has 124 valence electrons. The van der Waals surface area contributed by atoms with Gasteiger partial charge in [0.05, 0.1) is 6.26 Å². The first-order valence-electron chi connectivity index (χ1n) is 7.52. The van der Waals surface area contributed by atoms with E-state index < -0.39 is 0 Å². The lowest BCUT2D eigenvalue weighted by Crippen LogP contribution is -2.45. The number of furan rings is 1. The van der Waals surface area contributed by atoms with Gasteiger partial charge >= 0.3 is 0 Å². The maximum atomic E-state index is 11.9. The highest BCUT2D eigenvalue weighted by atomic mass is 35.5. The predicted octanol–water partition coefficient (Wildman–Crippen LogP) is 1.45. The van der Waals surface area contributed by atoms with Crippen molar-refractivity contribution in [2.75, 3.05) is 13.1 Å². The van der Waals surface area contributed by atoms with Crippen LogP contribution in [0.15, 0.2) is 22.8 Å². The number of hydrogen-bond acceptors (Lipinski definition) is 4. The second-order valence-corrected chi connectivity index (χ2v) is 5.44. The molecule has 7 heteroatoms. The molecule has 6 nitrogen and oxygen atoms in total. The van der Waals surface area contributed by atoms with E-state index in [0.29, 0.717) is 19.0 Å². The third-order valence-electron chi connectivity index (χ3n) is 3.94. The number of amides is 2. The van der Waals surface area contributed by atoms with Crippen LogP contribution in [0.2, 0.25) is 0 Å². The van der Waals surface area contributed by atoms with Crippen molar-refractivity contribution in [2.45, 2.75) is 38.1 Å². The van der Waals surface area contributed by atoms with E-state index in [2.05, 4.69) is 10.6 Å². The molecule has 1 saturated carbocycles. The predicted molar refractivity (Wildman–Crippen MR) is 85.8 cm³/mol.